The molecule has 1 unspecified atom stereocenters. The first kappa shape index (κ1) is 24.1. The molecule has 29 heavy (non-hydrogen) atoms. The zero-order chi connectivity index (χ0) is 21.9. The van der Waals surface area contributed by atoms with Crippen molar-refractivity contribution in [1.82, 2.24) is 0 Å². The predicted octanol–water partition coefficient (Wildman–Crippen LogP) is 6.99. The summed E-state index contributed by atoms with van der Waals surface area (Å²) in [6.07, 6.45) is 0.0590. The number of hydrogen-bond acceptors (Lipinski definition) is 4. The first-order chi connectivity index (χ1) is 13.3. The Kier molecular flexibility index (Phi) is 7.77. The SMILES string of the molecule is C[SiH](C)OC(c1cccc(OC(C)(C)C(C)(C)OCc2ccsc2)c1)C(C)(C)C. The van der Waals surface area contributed by atoms with E-state index in [1.807, 2.05) is 6.07 Å². The Balaban J connectivity index is 2.18. The molecule has 2 aromatic rings. The van der Waals surface area contributed by atoms with Crippen molar-refractivity contribution in [3.8, 4) is 5.75 Å². The number of ether oxygens (including phenoxy) is 2. The van der Waals surface area contributed by atoms with Gasteiger partial charge in [-0.05, 0) is 86.3 Å². The van der Waals surface area contributed by atoms with Crippen molar-refractivity contribution in [1.29, 1.82) is 0 Å². The minimum atomic E-state index is -1.18. The minimum Gasteiger partial charge on any atom is -0.485 e. The van der Waals surface area contributed by atoms with Crippen LogP contribution in [0, 0.1) is 5.41 Å². The standard InChI is InChI=1S/C24H38O3SSi/c1-22(2,3)21(27-29(8)9)19-11-10-12-20(15-19)26-24(6,7)23(4,5)25-16-18-13-14-28-17-18/h10-15,17,21,29H,16H2,1-9H3. The molecule has 0 spiro atoms. The van der Waals surface area contributed by atoms with Crippen molar-refractivity contribution < 1.29 is 13.9 Å². The van der Waals surface area contributed by atoms with Gasteiger partial charge in [-0.15, -0.1) is 0 Å². The van der Waals surface area contributed by atoms with E-state index in [0.29, 0.717) is 6.61 Å². The van der Waals surface area contributed by atoms with Crippen LogP contribution in [0.5, 0.6) is 5.75 Å². The summed E-state index contributed by atoms with van der Waals surface area (Å²) in [6.45, 7) is 20.1. The Hall–Kier alpha value is -1.14. The highest BCUT2D eigenvalue weighted by atomic mass is 32.1. The highest BCUT2D eigenvalue weighted by Gasteiger charge is 2.40. The molecule has 0 amide bonds. The van der Waals surface area contributed by atoms with Crippen LogP contribution in [0.3, 0.4) is 0 Å². The predicted molar refractivity (Wildman–Crippen MR) is 126 cm³/mol. The van der Waals surface area contributed by atoms with Gasteiger partial charge in [0, 0.05) is 0 Å². The Morgan fingerprint density at radius 1 is 0.966 bits per heavy atom. The Labute approximate surface area is 183 Å². The summed E-state index contributed by atoms with van der Waals surface area (Å²) >= 11 is 1.69. The number of thiophene rings is 1. The van der Waals surface area contributed by atoms with Crippen LogP contribution in [0.15, 0.2) is 41.1 Å². The molecule has 0 saturated heterocycles. The maximum Gasteiger partial charge on any atom is 0.171 e. The van der Waals surface area contributed by atoms with Crippen LogP contribution < -0.4 is 4.74 Å². The summed E-state index contributed by atoms with van der Waals surface area (Å²) in [6, 6.07) is 10.5. The average Bonchev–Trinajstić information content (AvgIpc) is 3.10. The number of hydrogen-bond donors (Lipinski definition) is 0. The Morgan fingerprint density at radius 2 is 1.66 bits per heavy atom. The molecule has 3 nitrogen and oxygen atoms in total. The molecule has 0 radical (unpaired) electrons. The van der Waals surface area contributed by atoms with E-state index in [-0.39, 0.29) is 11.5 Å². The molecule has 0 aliphatic heterocycles. The van der Waals surface area contributed by atoms with E-state index in [4.69, 9.17) is 13.9 Å². The van der Waals surface area contributed by atoms with E-state index in [0.717, 1.165) is 5.75 Å². The normalized spacial score (nSPS) is 14.3. The third kappa shape index (κ3) is 6.68. The number of rotatable bonds is 9. The molecule has 0 fully saturated rings. The van der Waals surface area contributed by atoms with Crippen molar-refractivity contribution in [2.45, 2.75) is 85.5 Å². The number of benzene rings is 1. The van der Waals surface area contributed by atoms with Crippen LogP contribution in [-0.2, 0) is 15.8 Å². The summed E-state index contributed by atoms with van der Waals surface area (Å²) in [5.41, 5.74) is 1.42. The van der Waals surface area contributed by atoms with Gasteiger partial charge in [-0.25, -0.2) is 0 Å². The van der Waals surface area contributed by atoms with Crippen LogP contribution >= 0.6 is 11.3 Å². The zero-order valence-electron chi connectivity index (χ0n) is 19.5. The van der Waals surface area contributed by atoms with Crippen LogP contribution in [0.1, 0.15) is 65.7 Å². The third-order valence-corrected chi connectivity index (χ3v) is 6.91. The minimum absolute atomic E-state index is 0.0222. The van der Waals surface area contributed by atoms with Crippen molar-refractivity contribution in [3.05, 3.63) is 52.2 Å². The van der Waals surface area contributed by atoms with Gasteiger partial charge in [0.2, 0.25) is 0 Å². The third-order valence-electron chi connectivity index (χ3n) is 5.36. The van der Waals surface area contributed by atoms with Crippen LogP contribution in [0.4, 0.5) is 0 Å². The first-order valence-corrected chi connectivity index (χ1v) is 14.1. The average molecular weight is 435 g/mol. The van der Waals surface area contributed by atoms with Crippen molar-refractivity contribution in [2.24, 2.45) is 5.41 Å². The van der Waals surface area contributed by atoms with Gasteiger partial charge in [0.1, 0.15) is 17.0 Å². The molecule has 0 aliphatic rings. The van der Waals surface area contributed by atoms with E-state index < -0.39 is 20.2 Å². The molecule has 1 aromatic heterocycles. The van der Waals surface area contributed by atoms with Crippen LogP contribution in [0.2, 0.25) is 13.1 Å². The molecule has 1 aromatic carbocycles. The smallest absolute Gasteiger partial charge is 0.171 e. The maximum absolute atomic E-state index is 6.48. The molecule has 5 heteroatoms. The molecule has 0 N–H and O–H groups in total. The summed E-state index contributed by atoms with van der Waals surface area (Å²) in [7, 11) is -1.18. The summed E-state index contributed by atoms with van der Waals surface area (Å²) in [5, 5.41) is 4.20. The lowest BCUT2D eigenvalue weighted by atomic mass is 9.84. The van der Waals surface area contributed by atoms with Gasteiger partial charge in [0.15, 0.2) is 9.04 Å². The second-order valence-electron chi connectivity index (χ2n) is 10.0. The highest BCUT2D eigenvalue weighted by Crippen LogP contribution is 2.39. The molecule has 0 bridgehead atoms. The van der Waals surface area contributed by atoms with E-state index in [1.54, 1.807) is 11.3 Å². The Bertz CT molecular complexity index is 761. The lowest BCUT2D eigenvalue weighted by Crippen LogP contribution is -2.51. The summed E-state index contributed by atoms with van der Waals surface area (Å²) < 4.78 is 19.1. The molecule has 2 rings (SSSR count). The maximum atomic E-state index is 6.48. The highest BCUT2D eigenvalue weighted by molar-refractivity contribution is 7.07. The quantitative estimate of drug-likeness (QED) is 0.398. The van der Waals surface area contributed by atoms with E-state index in [1.165, 1.54) is 11.1 Å². The van der Waals surface area contributed by atoms with Gasteiger partial charge in [0.05, 0.1) is 12.7 Å². The van der Waals surface area contributed by atoms with Gasteiger partial charge in [-0.2, -0.15) is 11.3 Å². The fourth-order valence-corrected chi connectivity index (χ4v) is 4.79. The van der Waals surface area contributed by atoms with Gasteiger partial charge in [0.25, 0.3) is 0 Å². The molecule has 0 saturated carbocycles. The zero-order valence-corrected chi connectivity index (χ0v) is 21.5. The van der Waals surface area contributed by atoms with E-state index >= 15 is 0 Å². The Morgan fingerprint density at radius 3 is 2.21 bits per heavy atom. The van der Waals surface area contributed by atoms with E-state index in [2.05, 4.69) is 96.6 Å². The molecule has 0 aliphatic carbocycles. The van der Waals surface area contributed by atoms with E-state index in [9.17, 15) is 0 Å². The molecule has 162 valence electrons. The monoisotopic (exact) mass is 434 g/mol. The molecular formula is C24H38O3SSi. The lowest BCUT2D eigenvalue weighted by molar-refractivity contribution is -0.141. The topological polar surface area (TPSA) is 27.7 Å². The van der Waals surface area contributed by atoms with Crippen molar-refractivity contribution >= 4 is 20.4 Å². The van der Waals surface area contributed by atoms with Gasteiger partial charge < -0.3 is 13.9 Å². The molecule has 1 atom stereocenters. The van der Waals surface area contributed by atoms with Crippen molar-refractivity contribution in [3.63, 3.8) is 0 Å². The van der Waals surface area contributed by atoms with Gasteiger partial charge in [-0.1, -0.05) is 32.9 Å². The summed E-state index contributed by atoms with van der Waals surface area (Å²) in [4.78, 5) is 0. The van der Waals surface area contributed by atoms with Crippen LogP contribution in [-0.4, -0.2) is 20.2 Å². The molecule has 1 heterocycles. The lowest BCUT2D eigenvalue weighted by Gasteiger charge is -2.41. The van der Waals surface area contributed by atoms with Crippen LogP contribution in [0.25, 0.3) is 0 Å². The van der Waals surface area contributed by atoms with Gasteiger partial charge >= 0.3 is 0 Å². The first-order valence-electron chi connectivity index (χ1n) is 10.4. The van der Waals surface area contributed by atoms with Gasteiger partial charge in [-0.3, -0.25) is 0 Å². The fourth-order valence-electron chi connectivity index (χ4n) is 3.03. The fraction of sp³-hybridized carbons (Fsp3) is 0.583. The second kappa shape index (κ2) is 9.34. The largest absolute Gasteiger partial charge is 0.485 e. The molecular weight excluding hydrogens is 396 g/mol. The summed E-state index contributed by atoms with van der Waals surface area (Å²) in [5.74, 6) is 0.850. The van der Waals surface area contributed by atoms with Crippen molar-refractivity contribution in [2.75, 3.05) is 0 Å². The second-order valence-corrected chi connectivity index (χ2v) is 13.2.